The van der Waals surface area contributed by atoms with Crippen molar-refractivity contribution in [1.29, 1.82) is 0 Å². The van der Waals surface area contributed by atoms with Gasteiger partial charge in [-0.15, -0.1) is 0 Å². The summed E-state index contributed by atoms with van der Waals surface area (Å²) >= 11 is 5.89. The molecule has 0 bridgehead atoms. The summed E-state index contributed by atoms with van der Waals surface area (Å²) in [4.78, 5) is 12.7. The first-order chi connectivity index (χ1) is 7.69. The Labute approximate surface area is 99.3 Å². The molecule has 2 rings (SSSR count). The van der Waals surface area contributed by atoms with E-state index in [-0.39, 0.29) is 0 Å². The largest absolute Gasteiger partial charge is 0.335 e. The first-order valence-corrected chi connectivity index (χ1v) is 5.57. The van der Waals surface area contributed by atoms with Gasteiger partial charge < -0.3 is 4.57 Å². The summed E-state index contributed by atoms with van der Waals surface area (Å²) < 4.78 is 2.09. The van der Waals surface area contributed by atoms with Gasteiger partial charge in [-0.1, -0.05) is 11.6 Å². The van der Waals surface area contributed by atoms with Crippen molar-refractivity contribution in [3.05, 3.63) is 41.0 Å². The maximum Gasteiger partial charge on any atom is 0.133 e. The zero-order valence-corrected chi connectivity index (χ0v) is 10.1. The second-order valence-electron chi connectivity index (χ2n) is 3.54. The van der Waals surface area contributed by atoms with Gasteiger partial charge in [0.05, 0.1) is 5.69 Å². The number of halogens is 1. The van der Waals surface area contributed by atoms with Crippen LogP contribution in [0.15, 0.2) is 18.5 Å². The molecule has 0 saturated heterocycles. The van der Waals surface area contributed by atoms with Crippen LogP contribution < -0.4 is 0 Å². The van der Waals surface area contributed by atoms with E-state index < -0.39 is 0 Å². The van der Waals surface area contributed by atoms with Gasteiger partial charge in [0, 0.05) is 25.4 Å². The van der Waals surface area contributed by atoms with E-state index in [2.05, 4.69) is 26.4 Å². The van der Waals surface area contributed by atoms with Gasteiger partial charge in [0.2, 0.25) is 0 Å². The quantitative estimate of drug-likeness (QED) is 0.768. The van der Waals surface area contributed by atoms with Crippen molar-refractivity contribution < 1.29 is 0 Å². The summed E-state index contributed by atoms with van der Waals surface area (Å²) in [5.41, 5.74) is 0.901. The van der Waals surface area contributed by atoms with Crippen LogP contribution in [0, 0.1) is 6.92 Å². The lowest BCUT2D eigenvalue weighted by molar-refractivity contribution is 0.707. The third kappa shape index (κ3) is 2.39. The van der Waals surface area contributed by atoms with E-state index in [0.717, 1.165) is 18.1 Å². The third-order valence-electron chi connectivity index (χ3n) is 2.34. The standard InChI is InChI=1S/C11H13ClN4/c1-3-16-5-4-13-11(16)7-9-6-10(12)15-8(2)14-9/h4-6H,3,7H2,1-2H3. The van der Waals surface area contributed by atoms with Crippen LogP contribution in [0.2, 0.25) is 5.15 Å². The highest BCUT2D eigenvalue weighted by molar-refractivity contribution is 6.29. The van der Waals surface area contributed by atoms with Crippen molar-refractivity contribution in [2.75, 3.05) is 0 Å². The highest BCUT2D eigenvalue weighted by atomic mass is 35.5. The van der Waals surface area contributed by atoms with E-state index in [1.807, 2.05) is 13.1 Å². The molecule has 16 heavy (non-hydrogen) atoms. The Morgan fingerprint density at radius 1 is 1.38 bits per heavy atom. The predicted octanol–water partition coefficient (Wildman–Crippen LogP) is 2.25. The molecule has 0 aliphatic heterocycles. The Kier molecular flexibility index (Phi) is 3.19. The molecule has 0 aliphatic carbocycles. The van der Waals surface area contributed by atoms with Crippen LogP contribution in [0.4, 0.5) is 0 Å². The lowest BCUT2D eigenvalue weighted by Gasteiger charge is -2.05. The van der Waals surface area contributed by atoms with Crippen LogP contribution in [0.3, 0.4) is 0 Å². The second-order valence-corrected chi connectivity index (χ2v) is 3.92. The normalized spacial score (nSPS) is 10.7. The Bertz CT molecular complexity index is 472. The molecule has 0 saturated carbocycles. The van der Waals surface area contributed by atoms with Crippen LogP contribution in [0.1, 0.15) is 24.3 Å². The molecule has 2 aromatic rings. The zero-order valence-electron chi connectivity index (χ0n) is 9.31. The smallest absolute Gasteiger partial charge is 0.133 e. The molecule has 0 radical (unpaired) electrons. The minimum Gasteiger partial charge on any atom is -0.335 e. The number of rotatable bonds is 3. The lowest BCUT2D eigenvalue weighted by Crippen LogP contribution is -2.04. The molecule has 5 heteroatoms. The number of nitrogens with zero attached hydrogens (tertiary/aromatic N) is 4. The van der Waals surface area contributed by atoms with E-state index in [1.165, 1.54) is 0 Å². The van der Waals surface area contributed by atoms with Crippen molar-refractivity contribution in [2.45, 2.75) is 26.8 Å². The highest BCUT2D eigenvalue weighted by Crippen LogP contribution is 2.11. The third-order valence-corrected chi connectivity index (χ3v) is 2.53. The van der Waals surface area contributed by atoms with Crippen molar-refractivity contribution in [1.82, 2.24) is 19.5 Å². The molecule has 2 aromatic heterocycles. The monoisotopic (exact) mass is 236 g/mol. The van der Waals surface area contributed by atoms with Crippen LogP contribution in [0.5, 0.6) is 0 Å². The molecule has 0 unspecified atom stereocenters. The van der Waals surface area contributed by atoms with Gasteiger partial charge in [0.1, 0.15) is 16.8 Å². The first kappa shape index (κ1) is 11.1. The second kappa shape index (κ2) is 4.61. The van der Waals surface area contributed by atoms with Crippen LogP contribution in [-0.4, -0.2) is 19.5 Å². The molecule has 2 heterocycles. The van der Waals surface area contributed by atoms with Crippen LogP contribution in [0.25, 0.3) is 0 Å². The SMILES string of the molecule is CCn1ccnc1Cc1cc(Cl)nc(C)n1. The minimum absolute atomic E-state index is 0.483. The maximum absolute atomic E-state index is 5.89. The fraction of sp³-hybridized carbons (Fsp3) is 0.364. The van der Waals surface area contributed by atoms with E-state index in [4.69, 9.17) is 11.6 Å². The molecule has 0 N–H and O–H groups in total. The predicted molar refractivity (Wildman–Crippen MR) is 62.5 cm³/mol. The van der Waals surface area contributed by atoms with E-state index in [0.29, 0.717) is 17.4 Å². The van der Waals surface area contributed by atoms with Gasteiger partial charge in [0.15, 0.2) is 0 Å². The molecule has 0 fully saturated rings. The molecular formula is C11H13ClN4. The fourth-order valence-corrected chi connectivity index (χ4v) is 1.89. The molecule has 0 atom stereocenters. The summed E-state index contributed by atoms with van der Waals surface area (Å²) in [6.45, 7) is 4.83. The number of aromatic nitrogens is 4. The molecule has 0 amide bonds. The van der Waals surface area contributed by atoms with Crippen molar-refractivity contribution in [3.63, 3.8) is 0 Å². The summed E-state index contributed by atoms with van der Waals surface area (Å²) in [7, 11) is 0. The number of hydrogen-bond donors (Lipinski definition) is 0. The Morgan fingerprint density at radius 2 is 2.19 bits per heavy atom. The minimum atomic E-state index is 0.483. The fourth-order valence-electron chi connectivity index (χ4n) is 1.64. The Balaban J connectivity index is 2.26. The summed E-state index contributed by atoms with van der Waals surface area (Å²) in [5, 5.41) is 0.483. The first-order valence-electron chi connectivity index (χ1n) is 5.19. The van der Waals surface area contributed by atoms with Gasteiger partial charge in [-0.05, 0) is 19.9 Å². The average Bonchev–Trinajstić information content (AvgIpc) is 2.63. The van der Waals surface area contributed by atoms with Gasteiger partial charge in [-0.3, -0.25) is 0 Å². The van der Waals surface area contributed by atoms with E-state index >= 15 is 0 Å². The van der Waals surface area contributed by atoms with E-state index in [1.54, 1.807) is 12.3 Å². The van der Waals surface area contributed by atoms with Crippen LogP contribution in [-0.2, 0) is 13.0 Å². The molecular weight excluding hydrogens is 224 g/mol. The van der Waals surface area contributed by atoms with Gasteiger partial charge in [0.25, 0.3) is 0 Å². The van der Waals surface area contributed by atoms with Gasteiger partial charge in [-0.2, -0.15) is 0 Å². The molecule has 0 spiro atoms. The van der Waals surface area contributed by atoms with Crippen LogP contribution >= 0.6 is 11.6 Å². The lowest BCUT2D eigenvalue weighted by atomic mass is 10.3. The van der Waals surface area contributed by atoms with Gasteiger partial charge >= 0.3 is 0 Å². The molecule has 4 nitrogen and oxygen atoms in total. The zero-order chi connectivity index (χ0) is 11.5. The maximum atomic E-state index is 5.89. The Hall–Kier alpha value is -1.42. The number of imidazole rings is 1. The number of aryl methyl sites for hydroxylation is 2. The summed E-state index contributed by atoms with van der Waals surface area (Å²) in [6, 6.07) is 1.78. The van der Waals surface area contributed by atoms with Crippen molar-refractivity contribution in [2.24, 2.45) is 0 Å². The molecule has 84 valence electrons. The molecule has 0 aromatic carbocycles. The topological polar surface area (TPSA) is 43.6 Å². The summed E-state index contributed by atoms with van der Waals surface area (Å²) in [5.74, 6) is 1.69. The number of hydrogen-bond acceptors (Lipinski definition) is 3. The highest BCUT2D eigenvalue weighted by Gasteiger charge is 2.06. The molecule has 0 aliphatic rings. The van der Waals surface area contributed by atoms with Gasteiger partial charge in [-0.25, -0.2) is 15.0 Å². The average molecular weight is 237 g/mol. The summed E-state index contributed by atoms with van der Waals surface area (Å²) in [6.07, 6.45) is 4.45. The van der Waals surface area contributed by atoms with Crippen molar-refractivity contribution >= 4 is 11.6 Å². The Morgan fingerprint density at radius 3 is 2.88 bits per heavy atom. The van der Waals surface area contributed by atoms with Crippen molar-refractivity contribution in [3.8, 4) is 0 Å². The van der Waals surface area contributed by atoms with E-state index in [9.17, 15) is 0 Å².